The first-order valence-electron chi connectivity index (χ1n) is 6.85. The second-order valence-corrected chi connectivity index (χ2v) is 6.25. The first-order chi connectivity index (χ1) is 9.56. The highest BCUT2D eigenvalue weighted by molar-refractivity contribution is 9.10. The summed E-state index contributed by atoms with van der Waals surface area (Å²) < 4.78 is 15.9. The highest BCUT2D eigenvalue weighted by Crippen LogP contribution is 2.18. The fourth-order valence-electron chi connectivity index (χ4n) is 2.09. The maximum absolute atomic E-state index is 13.2. The fraction of sp³-hybridized carbons (Fsp3) is 0.375. The summed E-state index contributed by atoms with van der Waals surface area (Å²) in [6.45, 7) is 7.01. The first kappa shape index (κ1) is 15.3. The summed E-state index contributed by atoms with van der Waals surface area (Å²) in [7, 11) is 0. The Hall–Kier alpha value is -1.13. The molecule has 1 N–H and O–H groups in total. The van der Waals surface area contributed by atoms with Gasteiger partial charge in [-0.25, -0.2) is 4.39 Å². The summed E-state index contributed by atoms with van der Waals surface area (Å²) >= 11 is 3.23. The Morgan fingerprint density at radius 3 is 2.80 bits per heavy atom. The van der Waals surface area contributed by atoms with E-state index >= 15 is 0 Å². The van der Waals surface area contributed by atoms with Gasteiger partial charge in [0.1, 0.15) is 5.82 Å². The van der Waals surface area contributed by atoms with E-state index in [2.05, 4.69) is 51.9 Å². The largest absolute Gasteiger partial charge is 0.346 e. The smallest absolute Gasteiger partial charge is 0.137 e. The van der Waals surface area contributed by atoms with Gasteiger partial charge in [0.25, 0.3) is 0 Å². The van der Waals surface area contributed by atoms with Crippen molar-refractivity contribution < 1.29 is 4.39 Å². The Balaban J connectivity index is 2.02. The zero-order chi connectivity index (χ0) is 14.5. The SMILES string of the molecule is CC(C)CNCc1cccn1Cc1ccc(F)c(Br)c1. The molecule has 4 heteroatoms. The van der Waals surface area contributed by atoms with Crippen LogP contribution >= 0.6 is 15.9 Å². The lowest BCUT2D eigenvalue weighted by Crippen LogP contribution is -2.20. The normalized spacial score (nSPS) is 11.2. The number of nitrogens with one attached hydrogen (secondary N) is 1. The zero-order valence-electron chi connectivity index (χ0n) is 11.9. The monoisotopic (exact) mass is 338 g/mol. The molecule has 2 aromatic rings. The Morgan fingerprint density at radius 2 is 2.10 bits per heavy atom. The highest BCUT2D eigenvalue weighted by atomic mass is 79.9. The van der Waals surface area contributed by atoms with E-state index in [1.807, 2.05) is 18.2 Å². The third-order valence-electron chi connectivity index (χ3n) is 3.12. The molecule has 20 heavy (non-hydrogen) atoms. The molecule has 0 amide bonds. The van der Waals surface area contributed by atoms with Crippen molar-refractivity contribution in [1.29, 1.82) is 0 Å². The van der Waals surface area contributed by atoms with Crippen LogP contribution in [0.3, 0.4) is 0 Å². The Kier molecular flexibility index (Phi) is 5.38. The van der Waals surface area contributed by atoms with Crippen LogP contribution in [0.4, 0.5) is 4.39 Å². The van der Waals surface area contributed by atoms with Crippen LogP contribution in [-0.2, 0) is 13.1 Å². The highest BCUT2D eigenvalue weighted by Gasteiger charge is 2.05. The van der Waals surface area contributed by atoms with E-state index in [-0.39, 0.29) is 5.82 Å². The number of rotatable bonds is 6. The number of hydrogen-bond donors (Lipinski definition) is 1. The van der Waals surface area contributed by atoms with Crippen molar-refractivity contribution in [3.8, 4) is 0 Å². The molecule has 1 aromatic carbocycles. The van der Waals surface area contributed by atoms with E-state index in [0.717, 1.165) is 25.2 Å². The molecule has 0 aliphatic heterocycles. The lowest BCUT2D eigenvalue weighted by molar-refractivity contribution is 0.539. The van der Waals surface area contributed by atoms with Crippen LogP contribution in [0.2, 0.25) is 0 Å². The summed E-state index contributed by atoms with van der Waals surface area (Å²) in [4.78, 5) is 0. The van der Waals surface area contributed by atoms with Crippen LogP contribution < -0.4 is 5.32 Å². The minimum Gasteiger partial charge on any atom is -0.346 e. The summed E-state index contributed by atoms with van der Waals surface area (Å²) in [6, 6.07) is 9.32. The number of nitrogens with zero attached hydrogens (tertiary/aromatic N) is 1. The van der Waals surface area contributed by atoms with Gasteiger partial charge in [-0.1, -0.05) is 19.9 Å². The second kappa shape index (κ2) is 7.04. The molecule has 0 spiro atoms. The zero-order valence-corrected chi connectivity index (χ0v) is 13.5. The van der Waals surface area contributed by atoms with Gasteiger partial charge in [0, 0.05) is 25.0 Å². The number of aromatic nitrogens is 1. The van der Waals surface area contributed by atoms with Crippen LogP contribution in [0, 0.1) is 11.7 Å². The van der Waals surface area contributed by atoms with E-state index < -0.39 is 0 Å². The quantitative estimate of drug-likeness (QED) is 0.835. The molecule has 0 aliphatic carbocycles. The van der Waals surface area contributed by atoms with Gasteiger partial charge in [-0.3, -0.25) is 0 Å². The molecular weight excluding hydrogens is 319 g/mol. The molecule has 108 valence electrons. The standard InChI is InChI=1S/C16H20BrFN2/c1-12(2)9-19-10-14-4-3-7-20(14)11-13-5-6-16(18)15(17)8-13/h3-8,12,19H,9-11H2,1-2H3. The molecule has 1 heterocycles. The van der Waals surface area contributed by atoms with Crippen LogP contribution in [0.1, 0.15) is 25.1 Å². The average molecular weight is 339 g/mol. The van der Waals surface area contributed by atoms with E-state index in [4.69, 9.17) is 0 Å². The van der Waals surface area contributed by atoms with Crippen molar-refractivity contribution in [2.24, 2.45) is 5.92 Å². The van der Waals surface area contributed by atoms with E-state index in [1.165, 1.54) is 11.8 Å². The Labute approximate surface area is 128 Å². The summed E-state index contributed by atoms with van der Waals surface area (Å²) in [6.07, 6.45) is 2.06. The Bertz CT molecular complexity index is 563. The Morgan fingerprint density at radius 1 is 1.30 bits per heavy atom. The molecule has 2 rings (SSSR count). The van der Waals surface area contributed by atoms with E-state index in [1.54, 1.807) is 0 Å². The molecule has 2 nitrogen and oxygen atoms in total. The van der Waals surface area contributed by atoms with Crippen molar-refractivity contribution in [2.75, 3.05) is 6.54 Å². The van der Waals surface area contributed by atoms with Gasteiger partial charge in [-0.2, -0.15) is 0 Å². The van der Waals surface area contributed by atoms with Crippen molar-refractivity contribution in [1.82, 2.24) is 9.88 Å². The molecule has 0 bridgehead atoms. The van der Waals surface area contributed by atoms with E-state index in [9.17, 15) is 4.39 Å². The van der Waals surface area contributed by atoms with Crippen molar-refractivity contribution in [3.63, 3.8) is 0 Å². The maximum atomic E-state index is 13.2. The van der Waals surface area contributed by atoms with Gasteiger partial charge in [-0.15, -0.1) is 0 Å². The first-order valence-corrected chi connectivity index (χ1v) is 7.64. The summed E-state index contributed by atoms with van der Waals surface area (Å²) in [5, 5.41) is 3.44. The third kappa shape index (κ3) is 4.18. The number of halogens is 2. The summed E-state index contributed by atoms with van der Waals surface area (Å²) in [5.74, 6) is 0.423. The van der Waals surface area contributed by atoms with Gasteiger partial charge >= 0.3 is 0 Å². The predicted octanol–water partition coefficient (Wildman–Crippen LogP) is 4.18. The van der Waals surface area contributed by atoms with Crippen LogP contribution in [0.5, 0.6) is 0 Å². The summed E-state index contributed by atoms with van der Waals surface area (Å²) in [5.41, 5.74) is 2.32. The lowest BCUT2D eigenvalue weighted by atomic mass is 10.2. The van der Waals surface area contributed by atoms with Crippen LogP contribution in [0.15, 0.2) is 41.0 Å². The predicted molar refractivity (Wildman–Crippen MR) is 84.2 cm³/mol. The number of hydrogen-bond acceptors (Lipinski definition) is 1. The van der Waals surface area contributed by atoms with Crippen LogP contribution in [-0.4, -0.2) is 11.1 Å². The molecular formula is C16H20BrFN2. The molecule has 0 aliphatic rings. The third-order valence-corrected chi connectivity index (χ3v) is 3.73. The molecule has 0 unspecified atom stereocenters. The molecule has 0 radical (unpaired) electrons. The van der Waals surface area contributed by atoms with Gasteiger partial charge < -0.3 is 9.88 Å². The lowest BCUT2D eigenvalue weighted by Gasteiger charge is -2.12. The van der Waals surface area contributed by atoms with Gasteiger partial charge in [0.15, 0.2) is 0 Å². The minimum atomic E-state index is -0.222. The van der Waals surface area contributed by atoms with Crippen molar-refractivity contribution >= 4 is 15.9 Å². The van der Waals surface area contributed by atoms with E-state index in [0.29, 0.717) is 10.4 Å². The van der Waals surface area contributed by atoms with Gasteiger partial charge in [0.2, 0.25) is 0 Å². The van der Waals surface area contributed by atoms with Crippen LogP contribution in [0.25, 0.3) is 0 Å². The van der Waals surface area contributed by atoms with Gasteiger partial charge in [0.05, 0.1) is 4.47 Å². The minimum absolute atomic E-state index is 0.222. The maximum Gasteiger partial charge on any atom is 0.137 e. The molecule has 0 atom stereocenters. The topological polar surface area (TPSA) is 17.0 Å². The molecule has 0 saturated carbocycles. The molecule has 0 saturated heterocycles. The van der Waals surface area contributed by atoms with Crippen molar-refractivity contribution in [2.45, 2.75) is 26.9 Å². The molecule has 0 fully saturated rings. The molecule has 1 aromatic heterocycles. The fourth-order valence-corrected chi connectivity index (χ4v) is 2.51. The number of benzene rings is 1. The second-order valence-electron chi connectivity index (χ2n) is 5.40. The van der Waals surface area contributed by atoms with Crippen molar-refractivity contribution in [3.05, 3.63) is 58.1 Å². The van der Waals surface area contributed by atoms with Gasteiger partial charge in [-0.05, 0) is 58.2 Å². The average Bonchev–Trinajstić information content (AvgIpc) is 2.81.